The summed E-state index contributed by atoms with van der Waals surface area (Å²) in [7, 11) is 3.89. The van der Waals surface area contributed by atoms with E-state index in [4.69, 9.17) is 20.9 Å². The molecular weight excluding hydrogens is 971 g/mol. The molecule has 4 N–H and O–H groups in total. The maximum absolute atomic E-state index is 14.6. The number of halogens is 6. The van der Waals surface area contributed by atoms with Gasteiger partial charge in [0.25, 0.3) is 0 Å². The van der Waals surface area contributed by atoms with Crippen molar-refractivity contribution in [2.24, 2.45) is 0 Å². The maximum atomic E-state index is 14.6. The summed E-state index contributed by atoms with van der Waals surface area (Å²) in [5.74, 6) is -1.41. The summed E-state index contributed by atoms with van der Waals surface area (Å²) in [6, 6.07) is 19.2. The highest BCUT2D eigenvalue weighted by Crippen LogP contribution is 2.44. The van der Waals surface area contributed by atoms with Gasteiger partial charge < -0.3 is 40.5 Å². The number of rotatable bonds is 21. The molecule has 0 spiro atoms. The molecule has 74 heavy (non-hydrogen) atoms. The van der Waals surface area contributed by atoms with Crippen LogP contribution in [0.15, 0.2) is 120 Å². The van der Waals surface area contributed by atoms with E-state index < -0.39 is 59.6 Å². The molecule has 2 atom stereocenters. The zero-order valence-electron chi connectivity index (χ0n) is 42.4. The molecule has 2 aliphatic heterocycles. The lowest BCUT2D eigenvalue weighted by molar-refractivity contribution is -0.140. The van der Waals surface area contributed by atoms with Gasteiger partial charge in [-0.2, -0.15) is 26.3 Å². The summed E-state index contributed by atoms with van der Waals surface area (Å²) in [4.78, 5) is 66.0. The van der Waals surface area contributed by atoms with Crippen molar-refractivity contribution < 1.29 is 55.0 Å². The van der Waals surface area contributed by atoms with Crippen LogP contribution in [-0.4, -0.2) is 110 Å². The first kappa shape index (κ1) is 56.2. The Hall–Kier alpha value is -7.06. The predicted octanol–water partition coefficient (Wildman–Crippen LogP) is 10.7. The van der Waals surface area contributed by atoms with Crippen molar-refractivity contribution >= 4 is 46.8 Å². The number of nitrogen functional groups attached to an aromatic ring is 2. The maximum Gasteiger partial charge on any atom is 0.416 e. The number of carbonyl (C=O) groups excluding carboxylic acids is 4. The Labute approximate surface area is 427 Å². The monoisotopic (exact) mass is 1030 g/mol. The third-order valence-corrected chi connectivity index (χ3v) is 13.1. The van der Waals surface area contributed by atoms with E-state index in [2.05, 4.69) is 9.80 Å². The normalized spacial score (nSPS) is 16.8. The molecule has 0 radical (unpaired) electrons. The quantitative estimate of drug-likeness (QED) is 0.0356. The van der Waals surface area contributed by atoms with Gasteiger partial charge in [0, 0.05) is 35.9 Å². The van der Waals surface area contributed by atoms with Gasteiger partial charge in [-0.05, 0) is 165 Å². The standard InChI is InChI=1S/C54H64F6N8O6/c1-7-73-49(69)45-35(3)67(43-17-11-15-39(33-43)53(55,56)57)51(71)65(47(45)37-19-23-41(61)24-20-37)31-13-29-63(5)27-9-10-28-64(6)30-14-32-66-48(38-21-25-42(62)26-22-38)46(50(70)74-8-2)36(4)68(52(66)72)44-18-12-16-40(34-44)54(58,59)60/h11-12,15-26,33-34,47-48H,7-10,13-14,27-32,61-62H2,1-6H3/t47-,48-/m1/s1. The first-order valence-electron chi connectivity index (χ1n) is 24.5. The summed E-state index contributed by atoms with van der Waals surface area (Å²) in [5.41, 5.74) is 12.6. The molecule has 0 saturated heterocycles. The number of carbonyl (C=O) groups is 4. The van der Waals surface area contributed by atoms with E-state index in [1.54, 1.807) is 62.4 Å². The summed E-state index contributed by atoms with van der Waals surface area (Å²) >= 11 is 0. The zero-order chi connectivity index (χ0) is 54.1. The van der Waals surface area contributed by atoms with E-state index >= 15 is 0 Å². The van der Waals surface area contributed by atoms with Crippen LogP contribution in [0.3, 0.4) is 0 Å². The van der Waals surface area contributed by atoms with Crippen molar-refractivity contribution in [3.63, 3.8) is 0 Å². The topological polar surface area (TPSA) is 158 Å². The van der Waals surface area contributed by atoms with Gasteiger partial charge in [-0.15, -0.1) is 0 Å². The lowest BCUT2D eigenvalue weighted by Crippen LogP contribution is -2.51. The van der Waals surface area contributed by atoms with E-state index in [1.165, 1.54) is 47.9 Å². The van der Waals surface area contributed by atoms with Crippen molar-refractivity contribution in [2.45, 2.75) is 77.8 Å². The number of hydrogen-bond donors (Lipinski definition) is 2. The van der Waals surface area contributed by atoms with Gasteiger partial charge in [0.2, 0.25) is 0 Å². The van der Waals surface area contributed by atoms with Crippen molar-refractivity contribution in [1.82, 2.24) is 19.6 Å². The number of urea groups is 2. The van der Waals surface area contributed by atoms with Gasteiger partial charge in [0.15, 0.2) is 0 Å². The van der Waals surface area contributed by atoms with Crippen molar-refractivity contribution in [3.05, 3.63) is 142 Å². The Morgan fingerprint density at radius 1 is 0.554 bits per heavy atom. The molecule has 2 aliphatic rings. The number of nitrogens with two attached hydrogens (primary N) is 2. The Morgan fingerprint density at radius 3 is 1.22 bits per heavy atom. The summed E-state index contributed by atoms with van der Waals surface area (Å²) in [5, 5.41) is 0. The minimum absolute atomic E-state index is 0.0261. The van der Waals surface area contributed by atoms with Gasteiger partial charge in [-0.3, -0.25) is 9.80 Å². The highest BCUT2D eigenvalue weighted by Gasteiger charge is 2.45. The highest BCUT2D eigenvalue weighted by molar-refractivity contribution is 6.04. The number of allylic oxidation sites excluding steroid dienone is 2. The molecule has 14 nitrogen and oxygen atoms in total. The van der Waals surface area contributed by atoms with Gasteiger partial charge in [-0.25, -0.2) is 19.2 Å². The van der Waals surface area contributed by atoms with Gasteiger partial charge >= 0.3 is 36.4 Å². The van der Waals surface area contributed by atoms with E-state index in [1.807, 2.05) is 14.1 Å². The lowest BCUT2D eigenvalue weighted by Gasteiger charge is -2.43. The fourth-order valence-electron chi connectivity index (χ4n) is 9.41. The molecule has 2 heterocycles. The minimum atomic E-state index is -4.68. The highest BCUT2D eigenvalue weighted by atomic mass is 19.4. The van der Waals surface area contributed by atoms with E-state index in [0.29, 0.717) is 61.5 Å². The van der Waals surface area contributed by atoms with Crippen LogP contribution in [0.4, 0.5) is 58.7 Å². The Balaban J connectivity index is 1.10. The smallest absolute Gasteiger partial charge is 0.416 e. The molecule has 4 aromatic carbocycles. The third-order valence-electron chi connectivity index (χ3n) is 13.1. The predicted molar refractivity (Wildman–Crippen MR) is 271 cm³/mol. The number of unbranched alkanes of at least 4 members (excludes halogenated alkanes) is 1. The van der Waals surface area contributed by atoms with E-state index in [9.17, 15) is 45.5 Å². The first-order chi connectivity index (χ1) is 35.1. The number of alkyl halides is 6. The Morgan fingerprint density at radius 2 is 0.892 bits per heavy atom. The number of amides is 4. The zero-order valence-corrected chi connectivity index (χ0v) is 42.4. The Kier molecular flexibility index (Phi) is 18.5. The molecule has 0 aliphatic carbocycles. The molecule has 6 rings (SSSR count). The van der Waals surface area contributed by atoms with Crippen LogP contribution in [0.25, 0.3) is 0 Å². The van der Waals surface area contributed by atoms with Crippen LogP contribution >= 0.6 is 0 Å². The Bertz CT molecular complexity index is 2510. The SMILES string of the molecule is CCOC(=O)C1=C(C)N(c2cccc(C(F)(F)F)c2)C(=O)N(CCCN(C)CCCCN(C)CCCN2C(=O)N(c3cccc(C(F)(F)F)c3)C(C)=C(C(=O)OCC)[C@H]2c2ccc(N)cc2)[C@@H]1c1ccc(N)cc1. The third kappa shape index (κ3) is 13.2. The molecule has 0 aromatic heterocycles. The molecule has 4 aromatic rings. The average Bonchev–Trinajstić information content (AvgIpc) is 3.34. The van der Waals surface area contributed by atoms with Gasteiger partial charge in [0.05, 0.1) is 58.9 Å². The van der Waals surface area contributed by atoms with Crippen molar-refractivity contribution in [2.75, 3.05) is 87.8 Å². The summed E-state index contributed by atoms with van der Waals surface area (Å²) < 4.78 is 94.3. The van der Waals surface area contributed by atoms with Crippen LogP contribution in [0, 0.1) is 0 Å². The van der Waals surface area contributed by atoms with Gasteiger partial charge in [-0.1, -0.05) is 36.4 Å². The molecular formula is C54H64F6N8O6. The van der Waals surface area contributed by atoms with E-state index in [0.717, 1.165) is 46.9 Å². The molecule has 398 valence electrons. The molecule has 0 saturated carbocycles. The number of anilines is 4. The fraction of sp³-hybridized carbons (Fsp3) is 0.407. The second kappa shape index (κ2) is 24.3. The molecule has 0 bridgehead atoms. The van der Waals surface area contributed by atoms with Crippen LogP contribution in [-0.2, 0) is 31.4 Å². The largest absolute Gasteiger partial charge is 0.463 e. The van der Waals surface area contributed by atoms with Crippen LogP contribution in [0.5, 0.6) is 0 Å². The molecule has 0 fully saturated rings. The summed E-state index contributed by atoms with van der Waals surface area (Å²) in [6.45, 7) is 9.10. The van der Waals surface area contributed by atoms with Gasteiger partial charge in [0.1, 0.15) is 0 Å². The molecule has 0 unspecified atom stereocenters. The average molecular weight is 1040 g/mol. The summed E-state index contributed by atoms with van der Waals surface area (Å²) in [6.07, 6.45) is -6.88. The van der Waals surface area contributed by atoms with Crippen LogP contribution in [0.1, 0.15) is 87.7 Å². The number of esters is 2. The number of hydrogen-bond acceptors (Lipinski definition) is 10. The second-order valence-electron chi connectivity index (χ2n) is 18.3. The van der Waals surface area contributed by atoms with Crippen LogP contribution < -0.4 is 21.3 Å². The number of nitrogens with zero attached hydrogens (tertiary/aromatic N) is 6. The van der Waals surface area contributed by atoms with Crippen LogP contribution in [0.2, 0.25) is 0 Å². The number of benzene rings is 4. The lowest BCUT2D eigenvalue weighted by atomic mass is 9.92. The molecule has 20 heteroatoms. The van der Waals surface area contributed by atoms with E-state index in [-0.39, 0.29) is 60.2 Å². The molecule has 4 amide bonds. The van der Waals surface area contributed by atoms with Crippen molar-refractivity contribution in [1.29, 1.82) is 0 Å². The number of ether oxygens (including phenoxy) is 2. The second-order valence-corrected chi connectivity index (χ2v) is 18.3. The fourth-order valence-corrected chi connectivity index (χ4v) is 9.41. The van der Waals surface area contributed by atoms with Crippen molar-refractivity contribution in [3.8, 4) is 0 Å². The minimum Gasteiger partial charge on any atom is -0.463 e. The first-order valence-corrected chi connectivity index (χ1v) is 24.5.